The molecule has 0 aliphatic carbocycles. The van der Waals surface area contributed by atoms with Crippen molar-refractivity contribution in [1.29, 1.82) is 0 Å². The third kappa shape index (κ3) is 2.73. The number of hydrogen-bond donors (Lipinski definition) is 0. The highest BCUT2D eigenvalue weighted by atomic mass is 19.1. The summed E-state index contributed by atoms with van der Waals surface area (Å²) in [5.41, 5.74) is 2.95. The molecule has 3 aromatic rings. The van der Waals surface area contributed by atoms with Gasteiger partial charge < -0.3 is 9.80 Å². The topological polar surface area (TPSA) is 67.2 Å². The Bertz CT molecular complexity index is 987. The highest BCUT2D eigenvalue weighted by Crippen LogP contribution is 2.28. The minimum atomic E-state index is -0.771. The molecular formula is C19H17FN6O. The predicted octanol–water partition coefficient (Wildman–Crippen LogP) is 2.37. The zero-order chi connectivity index (χ0) is 18.4. The summed E-state index contributed by atoms with van der Waals surface area (Å²) < 4.78 is 15.0. The van der Waals surface area contributed by atoms with Gasteiger partial charge >= 0.3 is 0 Å². The smallest absolute Gasteiger partial charge is 0.262 e. The van der Waals surface area contributed by atoms with Crippen LogP contribution in [0, 0.1) is 0 Å². The van der Waals surface area contributed by atoms with Gasteiger partial charge in [0.2, 0.25) is 0 Å². The lowest BCUT2D eigenvalue weighted by Crippen LogP contribution is -2.24. The number of carbonyl (C=O) groups is 1. The largest absolute Gasteiger partial charge is 0.367 e. The molecule has 5 rings (SSSR count). The molecule has 3 aromatic heterocycles. The van der Waals surface area contributed by atoms with Gasteiger partial charge in [-0.05, 0) is 30.7 Å². The first kappa shape index (κ1) is 15.9. The van der Waals surface area contributed by atoms with Crippen LogP contribution in [0.1, 0.15) is 22.5 Å². The molecule has 1 atom stereocenters. The van der Waals surface area contributed by atoms with Crippen LogP contribution in [-0.4, -0.2) is 44.9 Å². The number of fused-ring (bicyclic) bond motifs is 1. The summed E-state index contributed by atoms with van der Waals surface area (Å²) >= 11 is 0. The highest BCUT2D eigenvalue weighted by Gasteiger charge is 2.32. The number of rotatable bonds is 3. The third-order valence-electron chi connectivity index (χ3n) is 4.99. The summed E-state index contributed by atoms with van der Waals surface area (Å²) in [5.74, 6) is 0.539. The van der Waals surface area contributed by atoms with Gasteiger partial charge in [-0.25, -0.2) is 14.1 Å². The first-order valence-corrected chi connectivity index (χ1v) is 8.85. The molecule has 5 heterocycles. The van der Waals surface area contributed by atoms with Gasteiger partial charge in [-0.2, -0.15) is 5.10 Å². The Balaban J connectivity index is 1.37. The van der Waals surface area contributed by atoms with Crippen molar-refractivity contribution in [2.24, 2.45) is 0 Å². The van der Waals surface area contributed by atoms with Crippen molar-refractivity contribution in [3.05, 3.63) is 60.3 Å². The summed E-state index contributed by atoms with van der Waals surface area (Å²) in [4.78, 5) is 24.8. The maximum absolute atomic E-state index is 13.4. The molecule has 0 bridgehead atoms. The molecule has 0 N–H and O–H groups in total. The van der Waals surface area contributed by atoms with E-state index in [2.05, 4.69) is 15.1 Å². The van der Waals surface area contributed by atoms with Crippen molar-refractivity contribution in [2.75, 3.05) is 22.9 Å². The molecule has 2 aliphatic heterocycles. The van der Waals surface area contributed by atoms with Gasteiger partial charge in [0, 0.05) is 25.5 Å². The van der Waals surface area contributed by atoms with E-state index < -0.39 is 6.17 Å². The van der Waals surface area contributed by atoms with Crippen molar-refractivity contribution in [3.63, 3.8) is 0 Å². The van der Waals surface area contributed by atoms with Gasteiger partial charge in [-0.1, -0.05) is 0 Å². The number of amides is 1. The average molecular weight is 364 g/mol. The highest BCUT2D eigenvalue weighted by molar-refractivity contribution is 6.09. The number of alkyl halides is 1. The molecule has 0 aromatic carbocycles. The second kappa shape index (κ2) is 6.15. The van der Waals surface area contributed by atoms with Crippen LogP contribution in [-0.2, 0) is 6.54 Å². The number of pyridine rings is 2. The Morgan fingerprint density at radius 1 is 1.15 bits per heavy atom. The van der Waals surface area contributed by atoms with Crippen molar-refractivity contribution >= 4 is 17.3 Å². The fraction of sp³-hybridized carbons (Fsp3) is 0.263. The lowest BCUT2D eigenvalue weighted by Gasteiger charge is -2.17. The number of halogens is 1. The van der Waals surface area contributed by atoms with Gasteiger partial charge in [0.1, 0.15) is 6.17 Å². The second-order valence-corrected chi connectivity index (χ2v) is 6.74. The van der Waals surface area contributed by atoms with Crippen molar-refractivity contribution in [1.82, 2.24) is 19.7 Å². The summed E-state index contributed by atoms with van der Waals surface area (Å²) in [6, 6.07) is 7.41. The molecular weight excluding hydrogens is 347 g/mol. The van der Waals surface area contributed by atoms with Crippen molar-refractivity contribution < 1.29 is 9.18 Å². The predicted molar refractivity (Wildman–Crippen MR) is 97.8 cm³/mol. The molecule has 1 saturated heterocycles. The Kier molecular flexibility index (Phi) is 3.63. The lowest BCUT2D eigenvalue weighted by molar-refractivity contribution is 0.0996. The Morgan fingerprint density at radius 3 is 2.74 bits per heavy atom. The summed E-state index contributed by atoms with van der Waals surface area (Å²) in [6.07, 6.45) is 6.57. The van der Waals surface area contributed by atoms with E-state index in [-0.39, 0.29) is 5.91 Å². The van der Waals surface area contributed by atoms with E-state index >= 15 is 0 Å². The molecule has 0 unspecified atom stereocenters. The molecule has 2 aliphatic rings. The quantitative estimate of drug-likeness (QED) is 0.714. The fourth-order valence-corrected chi connectivity index (χ4v) is 3.56. The van der Waals surface area contributed by atoms with Crippen LogP contribution in [0.4, 0.5) is 15.8 Å². The monoisotopic (exact) mass is 364 g/mol. The molecule has 27 heavy (non-hydrogen) atoms. The minimum Gasteiger partial charge on any atom is -0.367 e. The van der Waals surface area contributed by atoms with Crippen LogP contribution >= 0.6 is 0 Å². The molecule has 0 saturated carbocycles. The summed E-state index contributed by atoms with van der Waals surface area (Å²) in [6.45, 7) is 1.53. The molecule has 1 amide bonds. The van der Waals surface area contributed by atoms with Crippen LogP contribution in [0.5, 0.6) is 0 Å². The van der Waals surface area contributed by atoms with Gasteiger partial charge in [-0.15, -0.1) is 0 Å². The Morgan fingerprint density at radius 2 is 2.07 bits per heavy atom. The molecule has 0 spiro atoms. The van der Waals surface area contributed by atoms with E-state index in [1.807, 2.05) is 23.1 Å². The maximum atomic E-state index is 13.4. The van der Waals surface area contributed by atoms with Gasteiger partial charge in [0.25, 0.3) is 5.91 Å². The van der Waals surface area contributed by atoms with E-state index in [1.54, 1.807) is 40.4 Å². The number of hydrogen-bond acceptors (Lipinski definition) is 5. The Labute approximate surface area is 155 Å². The average Bonchev–Trinajstić information content (AvgIpc) is 3.39. The molecule has 136 valence electrons. The summed E-state index contributed by atoms with van der Waals surface area (Å²) in [7, 11) is 0. The van der Waals surface area contributed by atoms with E-state index in [4.69, 9.17) is 0 Å². The molecule has 1 fully saturated rings. The SMILES string of the molecule is O=C1c2cn(-c3ccc(N4CC[C@@H](F)C4)cn3)nc2CN1c1cccnc1. The Hall–Kier alpha value is -3.29. The summed E-state index contributed by atoms with van der Waals surface area (Å²) in [5, 5.41) is 4.52. The number of anilines is 2. The van der Waals surface area contributed by atoms with Gasteiger partial charge in [0.05, 0.1) is 41.6 Å². The molecule has 8 heteroatoms. The van der Waals surface area contributed by atoms with E-state index in [0.717, 1.165) is 17.1 Å². The van der Waals surface area contributed by atoms with Gasteiger partial charge in [0.15, 0.2) is 5.82 Å². The normalized spacial score (nSPS) is 19.0. The number of carbonyl (C=O) groups excluding carboxylic acids is 1. The fourth-order valence-electron chi connectivity index (χ4n) is 3.56. The zero-order valence-corrected chi connectivity index (χ0v) is 14.5. The zero-order valence-electron chi connectivity index (χ0n) is 14.5. The van der Waals surface area contributed by atoms with Crippen LogP contribution in [0.2, 0.25) is 0 Å². The number of nitrogens with zero attached hydrogens (tertiary/aromatic N) is 6. The van der Waals surface area contributed by atoms with Crippen LogP contribution in [0.25, 0.3) is 5.82 Å². The van der Waals surface area contributed by atoms with Crippen molar-refractivity contribution in [2.45, 2.75) is 19.1 Å². The van der Waals surface area contributed by atoms with Gasteiger partial charge in [-0.3, -0.25) is 9.78 Å². The van der Waals surface area contributed by atoms with Crippen LogP contribution in [0.15, 0.2) is 49.1 Å². The first-order chi connectivity index (χ1) is 13.2. The molecule has 0 radical (unpaired) electrons. The first-order valence-electron chi connectivity index (χ1n) is 8.85. The lowest BCUT2D eigenvalue weighted by atomic mass is 10.3. The van der Waals surface area contributed by atoms with E-state index in [0.29, 0.717) is 37.4 Å². The minimum absolute atomic E-state index is 0.0908. The van der Waals surface area contributed by atoms with E-state index in [9.17, 15) is 9.18 Å². The second-order valence-electron chi connectivity index (χ2n) is 6.74. The standard InChI is InChI=1S/C19H17FN6O/c20-13-5-7-24(10-13)14-3-4-18(22-9-14)26-11-16-17(23-26)12-25(19(16)27)15-2-1-6-21-8-15/h1-4,6,8-9,11,13H,5,7,10,12H2/t13-/m1/s1. The number of aromatic nitrogens is 4. The van der Waals surface area contributed by atoms with Crippen LogP contribution in [0.3, 0.4) is 0 Å². The molecule has 7 nitrogen and oxygen atoms in total. The van der Waals surface area contributed by atoms with Crippen molar-refractivity contribution in [3.8, 4) is 5.82 Å². The van der Waals surface area contributed by atoms with E-state index in [1.165, 1.54) is 0 Å². The van der Waals surface area contributed by atoms with Crippen LogP contribution < -0.4 is 9.80 Å². The maximum Gasteiger partial charge on any atom is 0.262 e. The third-order valence-corrected chi connectivity index (χ3v) is 4.99.